The lowest BCUT2D eigenvalue weighted by Gasteiger charge is -1.85. The van der Waals surface area contributed by atoms with E-state index in [1.165, 1.54) is 0 Å². The minimum Gasteiger partial charge on any atom is -0.235 e. The smallest absolute Gasteiger partial charge is 0.118 e. The summed E-state index contributed by atoms with van der Waals surface area (Å²) >= 11 is 0. The molecule has 0 amide bonds. The normalized spacial score (nSPS) is 10.2. The molecule has 2 aromatic heterocycles. The Morgan fingerprint density at radius 2 is 2.56 bits per heavy atom. The first-order valence-electron chi connectivity index (χ1n) is 2.62. The molecule has 9 heavy (non-hydrogen) atoms. The number of rotatable bonds is 0. The van der Waals surface area contributed by atoms with Crippen LogP contribution in [0, 0.1) is 6.20 Å². The lowest BCUT2D eigenvalue weighted by molar-refractivity contribution is 0.919. The molecule has 2 heterocycles. The predicted molar refractivity (Wildman–Crippen MR) is 31.8 cm³/mol. The van der Waals surface area contributed by atoms with Crippen molar-refractivity contribution in [2.75, 3.05) is 0 Å². The van der Waals surface area contributed by atoms with Gasteiger partial charge in [0.2, 0.25) is 0 Å². The molecule has 0 unspecified atom stereocenters. The second-order valence-corrected chi connectivity index (χ2v) is 1.72. The molecule has 1 radical (unpaired) electrons. The largest absolute Gasteiger partial charge is 0.235 e. The van der Waals surface area contributed by atoms with Crippen LogP contribution in [0.1, 0.15) is 0 Å². The first-order chi connectivity index (χ1) is 4.47. The van der Waals surface area contributed by atoms with Gasteiger partial charge in [-0.3, -0.25) is 0 Å². The summed E-state index contributed by atoms with van der Waals surface area (Å²) in [7, 11) is 0. The van der Waals surface area contributed by atoms with E-state index in [1.54, 1.807) is 23.1 Å². The van der Waals surface area contributed by atoms with E-state index in [0.717, 1.165) is 5.52 Å². The van der Waals surface area contributed by atoms with Crippen LogP contribution in [0.2, 0.25) is 0 Å². The van der Waals surface area contributed by atoms with Crippen molar-refractivity contribution in [3.63, 3.8) is 0 Å². The molecule has 0 aliphatic heterocycles. The summed E-state index contributed by atoms with van der Waals surface area (Å²) in [5, 5.41) is 3.95. The van der Waals surface area contributed by atoms with E-state index >= 15 is 0 Å². The quantitative estimate of drug-likeness (QED) is 0.505. The summed E-state index contributed by atoms with van der Waals surface area (Å²) in [6, 6.07) is 3.69. The highest BCUT2D eigenvalue weighted by molar-refractivity contribution is 5.42. The fourth-order valence-corrected chi connectivity index (χ4v) is 0.727. The van der Waals surface area contributed by atoms with Crippen molar-refractivity contribution in [2.24, 2.45) is 0 Å². The molecular weight excluding hydrogens is 114 g/mol. The Kier molecular flexibility index (Phi) is 0.773. The maximum atomic E-state index is 3.95. The zero-order chi connectivity index (χ0) is 6.10. The first-order valence-corrected chi connectivity index (χ1v) is 2.62. The van der Waals surface area contributed by atoms with E-state index in [4.69, 9.17) is 0 Å². The van der Waals surface area contributed by atoms with Gasteiger partial charge in [-0.2, -0.15) is 5.10 Å². The molecule has 2 aromatic rings. The van der Waals surface area contributed by atoms with Crippen molar-refractivity contribution < 1.29 is 0 Å². The van der Waals surface area contributed by atoms with Gasteiger partial charge < -0.3 is 0 Å². The Bertz CT molecular complexity index is 282. The van der Waals surface area contributed by atoms with Crippen molar-refractivity contribution in [3.8, 4) is 0 Å². The molecule has 0 aliphatic carbocycles. The van der Waals surface area contributed by atoms with E-state index in [-0.39, 0.29) is 0 Å². The van der Waals surface area contributed by atoms with Crippen LogP contribution < -0.4 is 0 Å². The van der Waals surface area contributed by atoms with Crippen molar-refractivity contribution >= 4 is 5.52 Å². The summed E-state index contributed by atoms with van der Waals surface area (Å²) in [5.74, 6) is 0. The minimum atomic E-state index is 1.02. The van der Waals surface area contributed by atoms with Gasteiger partial charge in [0.15, 0.2) is 0 Å². The van der Waals surface area contributed by atoms with Gasteiger partial charge >= 0.3 is 0 Å². The lowest BCUT2D eigenvalue weighted by atomic mass is 10.5. The fourth-order valence-electron chi connectivity index (χ4n) is 0.727. The Morgan fingerprint density at radius 3 is 3.44 bits per heavy atom. The molecule has 0 spiro atoms. The molecule has 0 atom stereocenters. The molecule has 0 bridgehead atoms. The average Bonchev–Trinajstić information content (AvgIpc) is 2.33. The number of fused-ring (bicyclic) bond motifs is 1. The molecule has 43 valence electrons. The molecule has 0 saturated heterocycles. The first kappa shape index (κ1) is 4.49. The summed E-state index contributed by atoms with van der Waals surface area (Å²) in [4.78, 5) is 3.76. The van der Waals surface area contributed by atoms with E-state index < -0.39 is 0 Å². The third kappa shape index (κ3) is 0.579. The number of hydrogen-bond acceptors (Lipinski definition) is 2. The molecule has 3 heteroatoms. The topological polar surface area (TPSA) is 30.2 Å². The average molecular weight is 118 g/mol. The van der Waals surface area contributed by atoms with Crippen LogP contribution in [0.4, 0.5) is 0 Å². The Morgan fingerprint density at radius 1 is 1.56 bits per heavy atom. The molecule has 2 rings (SSSR count). The maximum Gasteiger partial charge on any atom is 0.118 e. The Hall–Kier alpha value is -1.38. The van der Waals surface area contributed by atoms with Gasteiger partial charge in [0.05, 0.1) is 17.9 Å². The van der Waals surface area contributed by atoms with Crippen LogP contribution in [-0.4, -0.2) is 14.6 Å². The highest BCUT2D eigenvalue weighted by atomic mass is 15.2. The van der Waals surface area contributed by atoms with Crippen molar-refractivity contribution in [1.82, 2.24) is 14.6 Å². The van der Waals surface area contributed by atoms with Crippen LogP contribution in [0.3, 0.4) is 0 Å². The summed E-state index contributed by atoms with van der Waals surface area (Å²) in [6.07, 6.45) is 6.06. The van der Waals surface area contributed by atoms with Gasteiger partial charge in [-0.25, -0.2) is 9.50 Å². The van der Waals surface area contributed by atoms with Crippen LogP contribution in [0.5, 0.6) is 0 Å². The van der Waals surface area contributed by atoms with Crippen LogP contribution in [0.25, 0.3) is 5.52 Å². The highest BCUT2D eigenvalue weighted by Crippen LogP contribution is 1.95. The van der Waals surface area contributed by atoms with E-state index in [0.29, 0.717) is 0 Å². The van der Waals surface area contributed by atoms with Gasteiger partial charge in [0.25, 0.3) is 0 Å². The Labute approximate surface area is 52.0 Å². The summed E-state index contributed by atoms with van der Waals surface area (Å²) in [5.41, 5.74) is 1.02. The van der Waals surface area contributed by atoms with E-state index in [2.05, 4.69) is 16.3 Å². The third-order valence-corrected chi connectivity index (χ3v) is 1.15. The van der Waals surface area contributed by atoms with Crippen molar-refractivity contribution in [1.29, 1.82) is 0 Å². The van der Waals surface area contributed by atoms with Crippen LogP contribution in [0.15, 0.2) is 24.7 Å². The molecule has 3 nitrogen and oxygen atoms in total. The zero-order valence-electron chi connectivity index (χ0n) is 4.65. The molecule has 0 aliphatic rings. The van der Waals surface area contributed by atoms with Crippen LogP contribution in [-0.2, 0) is 0 Å². The van der Waals surface area contributed by atoms with Crippen molar-refractivity contribution in [3.05, 3.63) is 30.9 Å². The Balaban J connectivity index is 2.95. The zero-order valence-corrected chi connectivity index (χ0v) is 4.65. The molecule has 0 N–H and O–H groups in total. The maximum absolute atomic E-state index is 3.95. The monoisotopic (exact) mass is 118 g/mol. The number of nitrogens with zero attached hydrogens (tertiary/aromatic N) is 3. The summed E-state index contributed by atoms with van der Waals surface area (Å²) < 4.78 is 1.69. The number of aromatic nitrogens is 3. The molecule has 0 saturated carbocycles. The van der Waals surface area contributed by atoms with Crippen LogP contribution >= 0.6 is 0 Å². The predicted octanol–water partition coefficient (Wildman–Crippen LogP) is 0.529. The van der Waals surface area contributed by atoms with E-state index in [9.17, 15) is 0 Å². The van der Waals surface area contributed by atoms with Gasteiger partial charge in [-0.15, -0.1) is 0 Å². The summed E-state index contributed by atoms with van der Waals surface area (Å²) in [6.45, 7) is 0. The fraction of sp³-hybridized carbons (Fsp3) is 0. The second kappa shape index (κ2) is 1.55. The van der Waals surface area contributed by atoms with Gasteiger partial charge in [0.1, 0.15) is 6.33 Å². The molecule has 0 fully saturated rings. The van der Waals surface area contributed by atoms with Gasteiger partial charge in [-0.1, -0.05) is 0 Å². The SMILES string of the molecule is [c]1cc2ccnn2cn1. The van der Waals surface area contributed by atoms with Crippen molar-refractivity contribution in [2.45, 2.75) is 0 Å². The highest BCUT2D eigenvalue weighted by Gasteiger charge is 1.86. The van der Waals surface area contributed by atoms with Gasteiger partial charge in [-0.05, 0) is 12.1 Å². The van der Waals surface area contributed by atoms with Gasteiger partial charge in [0, 0.05) is 0 Å². The lowest BCUT2D eigenvalue weighted by Crippen LogP contribution is -1.85. The standard InChI is InChI=1S/C6H4N3/c1-3-7-5-9-6(1)2-4-8-9/h1-2,4-5H. The molecular formula is C6H4N3. The third-order valence-electron chi connectivity index (χ3n) is 1.15. The second-order valence-electron chi connectivity index (χ2n) is 1.72. The minimum absolute atomic E-state index is 1.02. The van der Waals surface area contributed by atoms with E-state index in [1.807, 2.05) is 6.07 Å². The molecule has 0 aromatic carbocycles. The number of hydrogen-bond donors (Lipinski definition) is 0.